The van der Waals surface area contributed by atoms with E-state index in [0.717, 1.165) is 50.8 Å². The Kier molecular flexibility index (Phi) is 8.18. The lowest BCUT2D eigenvalue weighted by Crippen LogP contribution is -2.29. The van der Waals surface area contributed by atoms with E-state index >= 15 is 4.39 Å². The summed E-state index contributed by atoms with van der Waals surface area (Å²) in [6.07, 6.45) is -0.589. The van der Waals surface area contributed by atoms with E-state index in [-0.39, 0.29) is 24.3 Å². The minimum absolute atomic E-state index is 0.0854. The van der Waals surface area contributed by atoms with Gasteiger partial charge in [0.25, 0.3) is 5.56 Å². The lowest BCUT2D eigenvalue weighted by atomic mass is 9.98. The molecular weight excluding hydrogens is 524 g/mol. The van der Waals surface area contributed by atoms with E-state index in [1.807, 2.05) is 39.0 Å². The Hall–Kier alpha value is -4.34. The molecule has 0 saturated carbocycles. The molecule has 3 aromatic heterocycles. The number of benzene rings is 1. The van der Waals surface area contributed by atoms with Crippen LogP contribution in [-0.4, -0.2) is 27.3 Å². The fraction of sp³-hybridized carbons (Fsp3) is 0.267. The van der Waals surface area contributed by atoms with E-state index < -0.39 is 23.1 Å². The van der Waals surface area contributed by atoms with Crippen LogP contribution in [0.5, 0.6) is 5.75 Å². The third-order valence-electron chi connectivity index (χ3n) is 6.70. The number of hydrogen-bond acceptors (Lipinski definition) is 5. The van der Waals surface area contributed by atoms with Crippen LogP contribution in [0.2, 0.25) is 0 Å². The number of aromatic nitrogens is 3. The number of aliphatic imine (C=N–C) groups is 1. The first-order valence-electron chi connectivity index (χ1n) is 12.5. The Labute approximate surface area is 228 Å². The summed E-state index contributed by atoms with van der Waals surface area (Å²) in [4.78, 5) is 25.7. The summed E-state index contributed by atoms with van der Waals surface area (Å²) in [5.41, 5.74) is 2.15. The minimum atomic E-state index is -4.81. The average molecular weight is 553 g/mol. The lowest BCUT2D eigenvalue weighted by molar-refractivity contribution is -0.138. The standard InChI is InChI=1S/C30H28F4N4O2/c1-6-17(2)27(35-5)21-13-18(3)37-28-20(21)9-7-11-26(28)40-16-23-22(19(4)36-14-25(23)31)15-38-12-8-10-24(29(38)39)30(32,33)34/h6-14H,15-16H2,1-5H3/b17-6-,35-27?. The van der Waals surface area contributed by atoms with Gasteiger partial charge in [0.05, 0.1) is 18.5 Å². The van der Waals surface area contributed by atoms with Crippen LogP contribution in [0, 0.1) is 19.7 Å². The van der Waals surface area contributed by atoms with Crippen LogP contribution in [0.15, 0.2) is 70.2 Å². The number of ether oxygens (including phenoxy) is 1. The Bertz CT molecular complexity index is 1710. The van der Waals surface area contributed by atoms with Crippen LogP contribution >= 0.6 is 0 Å². The van der Waals surface area contributed by atoms with Gasteiger partial charge in [-0.05, 0) is 57.5 Å². The van der Waals surface area contributed by atoms with Crippen molar-refractivity contribution >= 4 is 16.6 Å². The van der Waals surface area contributed by atoms with Crippen molar-refractivity contribution in [1.82, 2.24) is 14.5 Å². The molecule has 10 heteroatoms. The number of alkyl halides is 3. The van der Waals surface area contributed by atoms with Crippen molar-refractivity contribution in [1.29, 1.82) is 0 Å². The first-order chi connectivity index (χ1) is 19.0. The van der Waals surface area contributed by atoms with Crippen LogP contribution in [0.4, 0.5) is 17.6 Å². The van der Waals surface area contributed by atoms with Crippen molar-refractivity contribution in [3.8, 4) is 5.75 Å². The smallest absolute Gasteiger partial charge is 0.421 e. The van der Waals surface area contributed by atoms with Crippen LogP contribution in [0.1, 0.15) is 47.5 Å². The zero-order chi connectivity index (χ0) is 29.2. The number of fused-ring (bicyclic) bond motifs is 1. The molecule has 208 valence electrons. The molecule has 6 nitrogen and oxygen atoms in total. The normalized spacial score (nSPS) is 12.7. The summed E-state index contributed by atoms with van der Waals surface area (Å²) in [6.45, 7) is 6.78. The number of halogens is 4. The van der Waals surface area contributed by atoms with Crippen LogP contribution in [-0.2, 0) is 19.3 Å². The molecule has 0 saturated heterocycles. The van der Waals surface area contributed by atoms with Gasteiger partial charge in [-0.25, -0.2) is 9.37 Å². The molecule has 4 aromatic rings. The van der Waals surface area contributed by atoms with Crippen molar-refractivity contribution in [2.24, 2.45) is 4.99 Å². The first-order valence-corrected chi connectivity index (χ1v) is 12.5. The number of allylic oxidation sites excluding steroid dienone is 2. The topological polar surface area (TPSA) is 69.4 Å². The second kappa shape index (κ2) is 11.4. The van der Waals surface area contributed by atoms with E-state index in [4.69, 9.17) is 4.74 Å². The van der Waals surface area contributed by atoms with Gasteiger partial charge < -0.3 is 9.30 Å². The highest BCUT2D eigenvalue weighted by molar-refractivity contribution is 6.19. The summed E-state index contributed by atoms with van der Waals surface area (Å²) >= 11 is 0. The number of hydrogen-bond donors (Lipinski definition) is 0. The van der Waals surface area contributed by atoms with E-state index in [0.29, 0.717) is 17.0 Å². The van der Waals surface area contributed by atoms with Crippen LogP contribution < -0.4 is 10.3 Å². The lowest BCUT2D eigenvalue weighted by Gasteiger charge is -2.17. The summed E-state index contributed by atoms with van der Waals surface area (Å²) in [7, 11) is 1.72. The zero-order valence-corrected chi connectivity index (χ0v) is 22.7. The molecule has 0 unspecified atom stereocenters. The van der Waals surface area contributed by atoms with Crippen molar-refractivity contribution in [3.05, 3.63) is 110 Å². The summed E-state index contributed by atoms with van der Waals surface area (Å²) < 4.78 is 61.9. The molecule has 0 radical (unpaired) electrons. The van der Waals surface area contributed by atoms with Gasteiger partial charge in [0.1, 0.15) is 29.3 Å². The highest BCUT2D eigenvalue weighted by atomic mass is 19.4. The maximum atomic E-state index is 15.1. The molecule has 3 heterocycles. The Morgan fingerprint density at radius 2 is 1.90 bits per heavy atom. The molecule has 0 aliphatic rings. The van der Waals surface area contributed by atoms with Crippen molar-refractivity contribution in [3.63, 3.8) is 0 Å². The fourth-order valence-electron chi connectivity index (χ4n) is 4.54. The molecule has 40 heavy (non-hydrogen) atoms. The van der Waals surface area contributed by atoms with Crippen molar-refractivity contribution < 1.29 is 22.3 Å². The zero-order valence-electron chi connectivity index (χ0n) is 22.7. The van der Waals surface area contributed by atoms with Gasteiger partial charge in [0, 0.05) is 46.7 Å². The third-order valence-corrected chi connectivity index (χ3v) is 6.70. The Morgan fingerprint density at radius 3 is 2.58 bits per heavy atom. The van der Waals surface area contributed by atoms with Gasteiger partial charge in [0.2, 0.25) is 0 Å². The highest BCUT2D eigenvalue weighted by Crippen LogP contribution is 2.31. The molecule has 0 bridgehead atoms. The molecule has 0 aliphatic heterocycles. The van der Waals surface area contributed by atoms with E-state index in [1.165, 1.54) is 6.20 Å². The Balaban J connectivity index is 1.75. The number of para-hydroxylation sites is 1. The quantitative estimate of drug-likeness (QED) is 0.192. The molecule has 0 spiro atoms. The second-order valence-corrected chi connectivity index (χ2v) is 9.30. The average Bonchev–Trinajstić information content (AvgIpc) is 2.91. The first kappa shape index (κ1) is 28.7. The van der Waals surface area contributed by atoms with Crippen molar-refractivity contribution in [2.45, 2.75) is 47.0 Å². The molecule has 4 rings (SSSR count). The fourth-order valence-corrected chi connectivity index (χ4v) is 4.54. The van der Waals surface area contributed by atoms with E-state index in [1.54, 1.807) is 26.1 Å². The number of aryl methyl sites for hydroxylation is 2. The number of nitrogens with zero attached hydrogens (tertiary/aromatic N) is 4. The van der Waals surface area contributed by atoms with Crippen LogP contribution in [0.3, 0.4) is 0 Å². The monoisotopic (exact) mass is 552 g/mol. The third kappa shape index (κ3) is 5.66. The van der Waals surface area contributed by atoms with Gasteiger partial charge in [-0.3, -0.25) is 14.8 Å². The SMILES string of the molecule is C/C=C(/C)C(=NC)c1cc(C)nc2c(OCc3c(F)cnc(C)c3Cn3cccc(C(F)(F)F)c3=O)cccc12. The predicted molar refractivity (Wildman–Crippen MR) is 146 cm³/mol. The van der Waals surface area contributed by atoms with E-state index in [9.17, 15) is 18.0 Å². The predicted octanol–water partition coefficient (Wildman–Crippen LogP) is 6.58. The van der Waals surface area contributed by atoms with Crippen molar-refractivity contribution in [2.75, 3.05) is 7.05 Å². The molecular formula is C30H28F4N4O2. The van der Waals surface area contributed by atoms with Gasteiger partial charge in [-0.1, -0.05) is 18.2 Å². The van der Waals surface area contributed by atoms with Crippen LogP contribution in [0.25, 0.3) is 10.9 Å². The van der Waals surface area contributed by atoms with E-state index in [2.05, 4.69) is 15.0 Å². The molecule has 1 aromatic carbocycles. The largest absolute Gasteiger partial charge is 0.486 e. The number of rotatable bonds is 7. The Morgan fingerprint density at radius 1 is 1.15 bits per heavy atom. The summed E-state index contributed by atoms with van der Waals surface area (Å²) in [6, 6.07) is 9.21. The highest BCUT2D eigenvalue weighted by Gasteiger charge is 2.34. The maximum Gasteiger partial charge on any atom is 0.421 e. The second-order valence-electron chi connectivity index (χ2n) is 9.30. The minimum Gasteiger partial charge on any atom is -0.486 e. The van der Waals surface area contributed by atoms with Gasteiger partial charge in [-0.15, -0.1) is 0 Å². The van der Waals surface area contributed by atoms with Gasteiger partial charge in [0.15, 0.2) is 0 Å². The number of pyridine rings is 3. The maximum absolute atomic E-state index is 15.1. The molecule has 0 N–H and O–H groups in total. The molecule has 0 amide bonds. The summed E-state index contributed by atoms with van der Waals surface area (Å²) in [5, 5.41) is 0.798. The molecule has 0 fully saturated rings. The molecule has 0 aliphatic carbocycles. The summed E-state index contributed by atoms with van der Waals surface area (Å²) in [5.74, 6) is -0.304. The van der Waals surface area contributed by atoms with Gasteiger partial charge >= 0.3 is 6.18 Å². The van der Waals surface area contributed by atoms with Gasteiger partial charge in [-0.2, -0.15) is 13.2 Å². The molecule has 0 atom stereocenters.